The summed E-state index contributed by atoms with van der Waals surface area (Å²) in [5.74, 6) is 0.670. The summed E-state index contributed by atoms with van der Waals surface area (Å²) in [5.41, 5.74) is 0.324. The predicted molar refractivity (Wildman–Crippen MR) is 86.9 cm³/mol. The minimum Gasteiger partial charge on any atom is -0.492 e. The van der Waals surface area contributed by atoms with Crippen molar-refractivity contribution >= 4 is 23.2 Å². The van der Waals surface area contributed by atoms with Gasteiger partial charge in [-0.25, -0.2) is 0 Å². The minimum atomic E-state index is -0.693. The number of nitrogens with one attached hydrogen (secondary N) is 1. The summed E-state index contributed by atoms with van der Waals surface area (Å²) < 4.78 is 11.1. The molecule has 1 saturated heterocycles. The molecule has 1 atom stereocenters. The zero-order chi connectivity index (χ0) is 15.6. The van der Waals surface area contributed by atoms with Crippen LogP contribution in [0.1, 0.15) is 37.3 Å². The molecule has 0 saturated carbocycles. The second-order valence-corrected chi connectivity index (χ2v) is 6.83. The van der Waals surface area contributed by atoms with E-state index < -0.39 is 5.60 Å². The molecule has 3 rings (SSSR count). The zero-order valence-electron chi connectivity index (χ0n) is 12.4. The van der Waals surface area contributed by atoms with Crippen LogP contribution in [0.15, 0.2) is 12.1 Å². The zero-order valence-corrected chi connectivity index (χ0v) is 13.9. The first-order chi connectivity index (χ1) is 10.6. The van der Waals surface area contributed by atoms with Gasteiger partial charge >= 0.3 is 0 Å². The summed E-state index contributed by atoms with van der Waals surface area (Å²) in [6.45, 7) is 2.40. The van der Waals surface area contributed by atoms with Crippen LogP contribution in [0, 0.1) is 0 Å². The summed E-state index contributed by atoms with van der Waals surface area (Å²) in [7, 11) is 0. The molecule has 0 aliphatic carbocycles. The number of ether oxygens (including phenoxy) is 2. The Labute approximate surface area is 140 Å². The summed E-state index contributed by atoms with van der Waals surface area (Å²) in [4.78, 5) is 0. The molecule has 0 bridgehead atoms. The van der Waals surface area contributed by atoms with Gasteiger partial charge in [-0.2, -0.15) is 0 Å². The van der Waals surface area contributed by atoms with Gasteiger partial charge in [-0.05, 0) is 18.9 Å². The number of hydrogen-bond donors (Lipinski definition) is 2. The van der Waals surface area contributed by atoms with Gasteiger partial charge in [-0.3, -0.25) is 0 Å². The molecule has 0 radical (unpaired) electrons. The van der Waals surface area contributed by atoms with E-state index in [2.05, 4.69) is 5.32 Å². The van der Waals surface area contributed by atoms with Crippen LogP contribution in [-0.2, 0) is 4.74 Å². The highest BCUT2D eigenvalue weighted by molar-refractivity contribution is 6.43. The number of fused-ring (bicyclic) bond motifs is 1. The maximum atomic E-state index is 10.6. The molecule has 1 aromatic carbocycles. The Morgan fingerprint density at radius 2 is 2.00 bits per heavy atom. The third kappa shape index (κ3) is 3.52. The Kier molecular flexibility index (Phi) is 5.15. The van der Waals surface area contributed by atoms with E-state index in [1.165, 1.54) is 0 Å². The average molecular weight is 346 g/mol. The van der Waals surface area contributed by atoms with E-state index in [1.807, 2.05) is 6.07 Å². The molecule has 2 N–H and O–H groups in total. The Morgan fingerprint density at radius 3 is 2.77 bits per heavy atom. The molecule has 6 heteroatoms. The predicted octanol–water partition coefficient (Wildman–Crippen LogP) is 3.34. The molecule has 1 aromatic rings. The maximum Gasteiger partial charge on any atom is 0.144 e. The molecule has 2 heterocycles. The lowest BCUT2D eigenvalue weighted by Crippen LogP contribution is -2.45. The molecule has 1 fully saturated rings. The van der Waals surface area contributed by atoms with Crippen LogP contribution >= 0.6 is 23.2 Å². The highest BCUT2D eigenvalue weighted by Crippen LogP contribution is 2.41. The summed E-state index contributed by atoms with van der Waals surface area (Å²) in [6.07, 6.45) is 3.20. The average Bonchev–Trinajstić information content (AvgIpc) is 2.72. The van der Waals surface area contributed by atoms with E-state index in [0.29, 0.717) is 55.0 Å². The first kappa shape index (κ1) is 16.3. The summed E-state index contributed by atoms with van der Waals surface area (Å²) >= 11 is 12.4. The van der Waals surface area contributed by atoms with Gasteiger partial charge in [0.25, 0.3) is 0 Å². The van der Waals surface area contributed by atoms with Crippen molar-refractivity contribution in [3.05, 3.63) is 27.7 Å². The van der Waals surface area contributed by atoms with Crippen molar-refractivity contribution in [1.29, 1.82) is 0 Å². The van der Waals surface area contributed by atoms with Crippen LogP contribution in [-0.4, -0.2) is 37.1 Å². The summed E-state index contributed by atoms with van der Waals surface area (Å²) in [5, 5.41) is 15.1. The number of benzene rings is 1. The van der Waals surface area contributed by atoms with Crippen molar-refractivity contribution < 1.29 is 14.6 Å². The topological polar surface area (TPSA) is 50.7 Å². The lowest BCUT2D eigenvalue weighted by Gasteiger charge is -2.34. The number of hydrogen-bond acceptors (Lipinski definition) is 4. The minimum absolute atomic E-state index is 0.110. The molecule has 1 unspecified atom stereocenters. The van der Waals surface area contributed by atoms with Gasteiger partial charge in [0.1, 0.15) is 10.8 Å². The van der Waals surface area contributed by atoms with E-state index in [1.54, 1.807) is 6.07 Å². The molecule has 2 aliphatic rings. The van der Waals surface area contributed by atoms with Crippen LogP contribution in [0.2, 0.25) is 10.0 Å². The Bertz CT molecular complexity index is 532. The van der Waals surface area contributed by atoms with E-state index >= 15 is 0 Å². The van der Waals surface area contributed by atoms with Crippen molar-refractivity contribution in [1.82, 2.24) is 5.32 Å². The molecule has 4 nitrogen and oxygen atoms in total. The second-order valence-electron chi connectivity index (χ2n) is 6.04. The molecular formula is C16H21Cl2NO3. The third-order valence-corrected chi connectivity index (χ3v) is 5.23. The number of rotatable bonds is 3. The van der Waals surface area contributed by atoms with Crippen LogP contribution in [0.3, 0.4) is 0 Å². The first-order valence-electron chi connectivity index (χ1n) is 7.73. The monoisotopic (exact) mass is 345 g/mol. The molecular weight excluding hydrogens is 325 g/mol. The largest absolute Gasteiger partial charge is 0.492 e. The molecule has 0 spiro atoms. The normalized spacial score (nSPS) is 24.2. The van der Waals surface area contributed by atoms with Gasteiger partial charge in [0.2, 0.25) is 0 Å². The van der Waals surface area contributed by atoms with Gasteiger partial charge < -0.3 is 19.9 Å². The van der Waals surface area contributed by atoms with E-state index in [0.717, 1.165) is 18.4 Å². The fourth-order valence-corrected chi connectivity index (χ4v) is 3.41. The fraction of sp³-hybridized carbons (Fsp3) is 0.625. The second kappa shape index (κ2) is 6.93. The van der Waals surface area contributed by atoms with Gasteiger partial charge in [0.05, 0.1) is 17.2 Å². The Morgan fingerprint density at radius 1 is 1.23 bits per heavy atom. The number of halogens is 2. The van der Waals surface area contributed by atoms with Crippen molar-refractivity contribution in [2.24, 2.45) is 0 Å². The third-order valence-electron chi connectivity index (χ3n) is 4.44. The number of aliphatic hydroxyl groups is 1. The highest BCUT2D eigenvalue weighted by atomic mass is 35.5. The molecule has 122 valence electrons. The summed E-state index contributed by atoms with van der Waals surface area (Å²) in [6, 6.07) is 3.87. The van der Waals surface area contributed by atoms with Crippen LogP contribution in [0.5, 0.6) is 5.75 Å². The first-order valence-corrected chi connectivity index (χ1v) is 8.49. The molecule has 0 amide bonds. The SMILES string of the molecule is OC1(CNC2CCCOc3c2ccc(Cl)c3Cl)CCOCC1. The highest BCUT2D eigenvalue weighted by Gasteiger charge is 2.31. The van der Waals surface area contributed by atoms with E-state index in [-0.39, 0.29) is 6.04 Å². The Hall–Kier alpha value is -0.520. The molecule has 0 aromatic heterocycles. The van der Waals surface area contributed by atoms with Gasteiger partial charge in [0.15, 0.2) is 0 Å². The quantitative estimate of drug-likeness (QED) is 0.881. The molecule has 2 aliphatic heterocycles. The fourth-order valence-electron chi connectivity index (χ4n) is 3.04. The van der Waals surface area contributed by atoms with Crippen molar-refractivity contribution in [2.45, 2.75) is 37.3 Å². The maximum absolute atomic E-state index is 10.6. The van der Waals surface area contributed by atoms with E-state index in [9.17, 15) is 5.11 Å². The lowest BCUT2D eigenvalue weighted by molar-refractivity contribution is -0.0629. The van der Waals surface area contributed by atoms with E-state index in [4.69, 9.17) is 32.7 Å². The van der Waals surface area contributed by atoms with Crippen LogP contribution < -0.4 is 10.1 Å². The van der Waals surface area contributed by atoms with Crippen molar-refractivity contribution in [3.8, 4) is 5.75 Å². The van der Waals surface area contributed by atoms with Crippen LogP contribution in [0.25, 0.3) is 0 Å². The molecule has 22 heavy (non-hydrogen) atoms. The Balaban J connectivity index is 1.76. The lowest BCUT2D eigenvalue weighted by atomic mass is 9.93. The van der Waals surface area contributed by atoms with Gasteiger partial charge in [-0.15, -0.1) is 0 Å². The van der Waals surface area contributed by atoms with Crippen LogP contribution in [0.4, 0.5) is 0 Å². The standard InChI is InChI=1S/C16H21Cl2NO3/c17-12-4-3-11-13(2-1-7-22-15(11)14(12)18)19-10-16(20)5-8-21-9-6-16/h3-4,13,19-20H,1-2,5-10H2. The van der Waals surface area contributed by atoms with Gasteiger partial charge in [-0.1, -0.05) is 29.3 Å². The van der Waals surface area contributed by atoms with Crippen molar-refractivity contribution in [2.75, 3.05) is 26.4 Å². The van der Waals surface area contributed by atoms with Crippen molar-refractivity contribution in [3.63, 3.8) is 0 Å². The smallest absolute Gasteiger partial charge is 0.144 e. The van der Waals surface area contributed by atoms with Gasteiger partial charge in [0, 0.05) is 44.2 Å².